The van der Waals surface area contributed by atoms with Gasteiger partial charge in [-0.15, -0.1) is 0 Å². The van der Waals surface area contributed by atoms with E-state index in [2.05, 4.69) is 46.9 Å². The molecule has 0 amide bonds. The van der Waals surface area contributed by atoms with E-state index in [0.717, 1.165) is 10.8 Å². The van der Waals surface area contributed by atoms with Crippen LogP contribution in [0.15, 0.2) is 22.7 Å². The highest BCUT2D eigenvalue weighted by atomic mass is 79.9. The van der Waals surface area contributed by atoms with Crippen LogP contribution in [-0.4, -0.2) is 17.0 Å². The molecule has 1 aliphatic carbocycles. The Bertz CT molecular complexity index is 427. The van der Waals surface area contributed by atoms with Crippen LogP contribution in [0, 0.1) is 5.82 Å². The van der Waals surface area contributed by atoms with Crippen molar-refractivity contribution in [2.24, 2.45) is 0 Å². The zero-order chi connectivity index (χ0) is 13.8. The second-order valence-corrected chi connectivity index (χ2v) is 7.58. The van der Waals surface area contributed by atoms with Gasteiger partial charge in [0.05, 0.1) is 4.47 Å². The van der Waals surface area contributed by atoms with E-state index in [9.17, 15) is 4.39 Å². The number of rotatable bonds is 5. The molecular formula is C15H21BrFNS. The highest BCUT2D eigenvalue weighted by Gasteiger charge is 2.25. The van der Waals surface area contributed by atoms with Crippen LogP contribution in [0.5, 0.6) is 0 Å². The van der Waals surface area contributed by atoms with E-state index in [0.29, 0.717) is 10.5 Å². The van der Waals surface area contributed by atoms with E-state index in [1.54, 1.807) is 0 Å². The van der Waals surface area contributed by atoms with Crippen molar-refractivity contribution in [1.82, 2.24) is 5.32 Å². The van der Waals surface area contributed by atoms with Crippen molar-refractivity contribution in [3.05, 3.63) is 34.1 Å². The average molecular weight is 346 g/mol. The molecule has 0 radical (unpaired) electrons. The normalized spacial score (nSPS) is 24.6. The number of hydrogen-bond acceptors (Lipinski definition) is 2. The van der Waals surface area contributed by atoms with Crippen molar-refractivity contribution in [1.29, 1.82) is 0 Å². The third-order valence-corrected chi connectivity index (χ3v) is 5.56. The van der Waals surface area contributed by atoms with Crippen LogP contribution >= 0.6 is 27.7 Å². The Balaban J connectivity index is 1.90. The lowest BCUT2D eigenvalue weighted by Crippen LogP contribution is -2.29. The third kappa shape index (κ3) is 4.20. The van der Waals surface area contributed by atoms with Gasteiger partial charge in [-0.3, -0.25) is 0 Å². The Kier molecular flexibility index (Phi) is 5.72. The number of hydrogen-bond donors (Lipinski definition) is 1. The molecule has 19 heavy (non-hydrogen) atoms. The first-order valence-electron chi connectivity index (χ1n) is 6.92. The molecule has 2 rings (SSSR count). The van der Waals surface area contributed by atoms with Gasteiger partial charge in [-0.25, -0.2) is 4.39 Å². The van der Waals surface area contributed by atoms with Gasteiger partial charge in [0.1, 0.15) is 5.82 Å². The van der Waals surface area contributed by atoms with E-state index in [-0.39, 0.29) is 11.9 Å². The third-order valence-electron chi connectivity index (χ3n) is 3.72. The molecule has 4 heteroatoms. The molecular weight excluding hydrogens is 325 g/mol. The van der Waals surface area contributed by atoms with E-state index >= 15 is 0 Å². The van der Waals surface area contributed by atoms with Crippen LogP contribution in [0.4, 0.5) is 4.39 Å². The van der Waals surface area contributed by atoms with Gasteiger partial charge < -0.3 is 5.32 Å². The monoisotopic (exact) mass is 345 g/mol. The maximum absolute atomic E-state index is 13.2. The van der Waals surface area contributed by atoms with Gasteiger partial charge in [-0.05, 0) is 65.6 Å². The Morgan fingerprint density at radius 2 is 2.26 bits per heavy atom. The summed E-state index contributed by atoms with van der Waals surface area (Å²) in [5, 5.41) is 4.49. The van der Waals surface area contributed by atoms with Crippen molar-refractivity contribution in [3.63, 3.8) is 0 Å². The Labute approximate surface area is 127 Å². The molecule has 0 spiro atoms. The molecule has 0 heterocycles. The molecule has 1 fully saturated rings. The standard InChI is InChI=1S/C15H21BrFNS/c1-3-19-13-6-5-12(9-13)18-10(2)11-4-7-15(17)14(16)8-11/h4,7-8,10,12-13,18H,3,5-6,9H2,1-2H3. The summed E-state index contributed by atoms with van der Waals surface area (Å²) >= 11 is 5.32. The quantitative estimate of drug-likeness (QED) is 0.813. The van der Waals surface area contributed by atoms with Crippen molar-refractivity contribution >= 4 is 27.7 Å². The summed E-state index contributed by atoms with van der Waals surface area (Å²) in [6.45, 7) is 4.38. The number of halogens is 2. The molecule has 3 atom stereocenters. The first-order valence-corrected chi connectivity index (χ1v) is 8.77. The second-order valence-electron chi connectivity index (χ2n) is 5.15. The van der Waals surface area contributed by atoms with Crippen molar-refractivity contribution in [2.75, 3.05) is 5.75 Å². The zero-order valence-corrected chi connectivity index (χ0v) is 13.9. The minimum absolute atomic E-state index is 0.198. The fourth-order valence-corrected chi connectivity index (χ4v) is 4.25. The van der Waals surface area contributed by atoms with Gasteiger partial charge in [0, 0.05) is 17.3 Å². The van der Waals surface area contributed by atoms with Crippen LogP contribution in [0.1, 0.15) is 44.7 Å². The molecule has 0 aliphatic heterocycles. The molecule has 1 nitrogen and oxygen atoms in total. The van der Waals surface area contributed by atoms with Crippen molar-refractivity contribution < 1.29 is 4.39 Å². The maximum Gasteiger partial charge on any atom is 0.137 e. The number of thioether (sulfide) groups is 1. The van der Waals surface area contributed by atoms with E-state index in [1.165, 1.54) is 31.1 Å². The predicted molar refractivity (Wildman–Crippen MR) is 85.2 cm³/mol. The maximum atomic E-state index is 13.2. The minimum Gasteiger partial charge on any atom is -0.307 e. The van der Waals surface area contributed by atoms with E-state index < -0.39 is 0 Å². The first kappa shape index (κ1) is 15.3. The highest BCUT2D eigenvalue weighted by Crippen LogP contribution is 2.31. The molecule has 0 bridgehead atoms. The topological polar surface area (TPSA) is 12.0 Å². The van der Waals surface area contributed by atoms with Crippen molar-refractivity contribution in [3.8, 4) is 0 Å². The summed E-state index contributed by atoms with van der Waals surface area (Å²) in [6, 6.07) is 6.14. The average Bonchev–Trinajstić information content (AvgIpc) is 2.80. The Morgan fingerprint density at radius 3 is 2.95 bits per heavy atom. The number of nitrogens with one attached hydrogen (secondary N) is 1. The summed E-state index contributed by atoms with van der Waals surface area (Å²) < 4.78 is 13.8. The van der Waals surface area contributed by atoms with Crippen molar-refractivity contribution in [2.45, 2.75) is 50.4 Å². The lowest BCUT2D eigenvalue weighted by Gasteiger charge is -2.20. The summed E-state index contributed by atoms with van der Waals surface area (Å²) in [4.78, 5) is 0. The molecule has 1 saturated carbocycles. The van der Waals surface area contributed by atoms with Crippen LogP contribution in [0.2, 0.25) is 0 Å². The van der Waals surface area contributed by atoms with Crippen LogP contribution in [0.3, 0.4) is 0 Å². The van der Waals surface area contributed by atoms with Gasteiger partial charge in [0.25, 0.3) is 0 Å². The van der Waals surface area contributed by atoms with Crippen LogP contribution in [-0.2, 0) is 0 Å². The second kappa shape index (κ2) is 7.09. The summed E-state index contributed by atoms with van der Waals surface area (Å²) in [5.41, 5.74) is 1.14. The molecule has 0 aromatic heterocycles. The van der Waals surface area contributed by atoms with Crippen LogP contribution < -0.4 is 5.32 Å². The summed E-state index contributed by atoms with van der Waals surface area (Å²) in [5.74, 6) is 1.01. The molecule has 1 N–H and O–H groups in total. The SMILES string of the molecule is CCSC1CCC(NC(C)c2ccc(F)c(Br)c2)C1. The van der Waals surface area contributed by atoms with E-state index in [4.69, 9.17) is 0 Å². The van der Waals surface area contributed by atoms with Crippen LogP contribution in [0.25, 0.3) is 0 Å². The fourth-order valence-electron chi connectivity index (χ4n) is 2.71. The lowest BCUT2D eigenvalue weighted by atomic mass is 10.1. The number of benzene rings is 1. The van der Waals surface area contributed by atoms with Gasteiger partial charge in [-0.2, -0.15) is 11.8 Å². The summed E-state index contributed by atoms with van der Waals surface area (Å²) in [6.07, 6.45) is 3.82. The molecule has 1 aromatic rings. The predicted octanol–water partition coefficient (Wildman–Crippen LogP) is 4.91. The van der Waals surface area contributed by atoms with Gasteiger partial charge in [-0.1, -0.05) is 13.0 Å². The van der Waals surface area contributed by atoms with Gasteiger partial charge >= 0.3 is 0 Å². The molecule has 1 aromatic carbocycles. The summed E-state index contributed by atoms with van der Waals surface area (Å²) in [7, 11) is 0. The fraction of sp³-hybridized carbons (Fsp3) is 0.600. The Morgan fingerprint density at radius 1 is 1.47 bits per heavy atom. The molecule has 1 aliphatic rings. The largest absolute Gasteiger partial charge is 0.307 e. The Hall–Kier alpha value is -0.0600. The minimum atomic E-state index is -0.198. The lowest BCUT2D eigenvalue weighted by molar-refractivity contribution is 0.461. The van der Waals surface area contributed by atoms with Gasteiger partial charge in [0.15, 0.2) is 0 Å². The van der Waals surface area contributed by atoms with E-state index in [1.807, 2.05) is 12.1 Å². The molecule has 3 unspecified atom stereocenters. The smallest absolute Gasteiger partial charge is 0.137 e. The zero-order valence-electron chi connectivity index (χ0n) is 11.5. The first-order chi connectivity index (χ1) is 9.10. The molecule has 106 valence electrons. The molecule has 0 saturated heterocycles. The highest BCUT2D eigenvalue weighted by molar-refractivity contribution is 9.10. The van der Waals surface area contributed by atoms with Gasteiger partial charge in [0.2, 0.25) is 0 Å².